The van der Waals surface area contributed by atoms with Gasteiger partial charge in [0.05, 0.1) is 4.92 Å². The van der Waals surface area contributed by atoms with Gasteiger partial charge in [-0.25, -0.2) is 9.97 Å². The van der Waals surface area contributed by atoms with Crippen LogP contribution in [0.15, 0.2) is 6.33 Å². The molecule has 0 atom stereocenters. The molecule has 0 bridgehead atoms. The molecule has 0 saturated heterocycles. The molecule has 0 aromatic carbocycles. The Morgan fingerprint density at radius 1 is 1.50 bits per heavy atom. The fourth-order valence-electron chi connectivity index (χ4n) is 2.23. The Morgan fingerprint density at radius 3 is 2.70 bits per heavy atom. The Morgan fingerprint density at radius 2 is 2.20 bits per heavy atom. The van der Waals surface area contributed by atoms with Crippen molar-refractivity contribution in [2.75, 3.05) is 23.3 Å². The first-order chi connectivity index (χ1) is 9.54. The van der Waals surface area contributed by atoms with Crippen LogP contribution in [0.3, 0.4) is 0 Å². The summed E-state index contributed by atoms with van der Waals surface area (Å²) in [5.74, 6) is 1.17. The second kappa shape index (κ2) is 6.02. The van der Waals surface area contributed by atoms with E-state index in [1.165, 1.54) is 6.33 Å². The molecule has 1 N–H and O–H groups in total. The van der Waals surface area contributed by atoms with E-state index in [2.05, 4.69) is 34.0 Å². The van der Waals surface area contributed by atoms with Gasteiger partial charge in [0.25, 0.3) is 0 Å². The zero-order chi connectivity index (χ0) is 14.7. The number of nitro groups is 1. The van der Waals surface area contributed by atoms with Gasteiger partial charge in [0.15, 0.2) is 0 Å². The lowest BCUT2D eigenvalue weighted by Gasteiger charge is -2.25. The second-order valence-corrected chi connectivity index (χ2v) is 5.46. The van der Waals surface area contributed by atoms with Crippen LogP contribution < -0.4 is 10.2 Å². The third-order valence-corrected chi connectivity index (χ3v) is 3.15. The first kappa shape index (κ1) is 14.5. The van der Waals surface area contributed by atoms with E-state index in [4.69, 9.17) is 0 Å². The molecule has 1 aliphatic rings. The van der Waals surface area contributed by atoms with Gasteiger partial charge < -0.3 is 10.2 Å². The summed E-state index contributed by atoms with van der Waals surface area (Å²) in [6.07, 6.45) is 3.55. The van der Waals surface area contributed by atoms with Crippen molar-refractivity contribution >= 4 is 17.3 Å². The molecular weight excluding hydrogens is 258 g/mol. The minimum Gasteiger partial charge on any atom is -0.364 e. The van der Waals surface area contributed by atoms with Gasteiger partial charge in [-0.1, -0.05) is 13.8 Å². The molecule has 1 aromatic heterocycles. The van der Waals surface area contributed by atoms with Crippen molar-refractivity contribution in [2.45, 2.75) is 39.7 Å². The molecule has 7 nitrogen and oxygen atoms in total. The Hall–Kier alpha value is -1.92. The minimum absolute atomic E-state index is 0.0121. The molecule has 1 fully saturated rings. The summed E-state index contributed by atoms with van der Waals surface area (Å²) in [5, 5.41) is 14.4. The molecule has 0 aliphatic heterocycles. The van der Waals surface area contributed by atoms with Crippen molar-refractivity contribution in [1.29, 1.82) is 0 Å². The van der Waals surface area contributed by atoms with E-state index in [0.29, 0.717) is 30.1 Å². The van der Waals surface area contributed by atoms with E-state index in [-0.39, 0.29) is 10.6 Å². The second-order valence-electron chi connectivity index (χ2n) is 5.46. The lowest BCUT2D eigenvalue weighted by molar-refractivity contribution is -0.383. The summed E-state index contributed by atoms with van der Waals surface area (Å²) in [6, 6.07) is 0.375. The topological polar surface area (TPSA) is 84.2 Å². The molecule has 1 saturated carbocycles. The third kappa shape index (κ3) is 3.15. The van der Waals surface area contributed by atoms with E-state index >= 15 is 0 Å². The zero-order valence-corrected chi connectivity index (χ0v) is 12.2. The standard InChI is InChI=1S/C13H21N5O2/c1-4-14-12-11(18(19)20)13(16-8-15-12)17(7-9(2)3)10-5-6-10/h8-10H,4-7H2,1-3H3,(H,14,15,16). The Labute approximate surface area is 118 Å². The third-order valence-electron chi connectivity index (χ3n) is 3.15. The lowest BCUT2D eigenvalue weighted by atomic mass is 10.2. The fourth-order valence-corrected chi connectivity index (χ4v) is 2.23. The van der Waals surface area contributed by atoms with Crippen molar-refractivity contribution in [2.24, 2.45) is 5.92 Å². The van der Waals surface area contributed by atoms with Crippen LogP contribution in [0.1, 0.15) is 33.6 Å². The Bertz CT molecular complexity index is 488. The van der Waals surface area contributed by atoms with Crippen LogP contribution in [0.5, 0.6) is 0 Å². The highest BCUT2D eigenvalue weighted by Gasteiger charge is 2.36. The van der Waals surface area contributed by atoms with Gasteiger partial charge in [0.2, 0.25) is 11.6 Å². The molecule has 0 radical (unpaired) electrons. The van der Waals surface area contributed by atoms with Crippen LogP contribution in [0.2, 0.25) is 0 Å². The van der Waals surface area contributed by atoms with Gasteiger partial charge in [-0.15, -0.1) is 0 Å². The van der Waals surface area contributed by atoms with Crippen LogP contribution >= 0.6 is 0 Å². The Balaban J connectivity index is 2.42. The van der Waals surface area contributed by atoms with Crippen molar-refractivity contribution in [1.82, 2.24) is 9.97 Å². The fraction of sp³-hybridized carbons (Fsp3) is 0.692. The van der Waals surface area contributed by atoms with Crippen molar-refractivity contribution in [3.05, 3.63) is 16.4 Å². The smallest absolute Gasteiger partial charge is 0.353 e. The predicted octanol–water partition coefficient (Wildman–Crippen LogP) is 2.44. The van der Waals surface area contributed by atoms with E-state index in [9.17, 15) is 10.1 Å². The molecule has 0 spiro atoms. The number of nitrogens with zero attached hydrogens (tertiary/aromatic N) is 4. The maximum Gasteiger partial charge on any atom is 0.353 e. The Kier molecular flexibility index (Phi) is 4.36. The van der Waals surface area contributed by atoms with E-state index in [1.807, 2.05) is 6.92 Å². The molecule has 1 heterocycles. The molecule has 0 unspecified atom stereocenters. The highest BCUT2D eigenvalue weighted by atomic mass is 16.6. The highest BCUT2D eigenvalue weighted by Crippen LogP contribution is 2.38. The van der Waals surface area contributed by atoms with Gasteiger partial charge >= 0.3 is 5.69 Å². The monoisotopic (exact) mass is 279 g/mol. The maximum absolute atomic E-state index is 11.4. The maximum atomic E-state index is 11.4. The highest BCUT2D eigenvalue weighted by molar-refractivity contribution is 5.70. The lowest BCUT2D eigenvalue weighted by Crippen LogP contribution is -2.31. The SMILES string of the molecule is CCNc1ncnc(N(CC(C)C)C2CC2)c1[N+](=O)[O-]. The molecule has 7 heteroatoms. The van der Waals surface area contributed by atoms with Gasteiger partial charge in [0, 0.05) is 19.1 Å². The number of nitrogens with one attached hydrogen (secondary N) is 1. The quantitative estimate of drug-likeness (QED) is 0.609. The van der Waals surface area contributed by atoms with E-state index < -0.39 is 0 Å². The largest absolute Gasteiger partial charge is 0.364 e. The average Bonchev–Trinajstić information content (AvgIpc) is 3.19. The summed E-state index contributed by atoms with van der Waals surface area (Å²) in [4.78, 5) is 21.3. The van der Waals surface area contributed by atoms with E-state index in [0.717, 1.165) is 19.4 Å². The van der Waals surface area contributed by atoms with Crippen LogP contribution in [-0.4, -0.2) is 34.0 Å². The molecule has 110 valence electrons. The van der Waals surface area contributed by atoms with Crippen LogP contribution in [-0.2, 0) is 0 Å². The molecule has 1 aliphatic carbocycles. The summed E-state index contributed by atoms with van der Waals surface area (Å²) in [5.41, 5.74) is -0.0121. The molecule has 0 amide bonds. The zero-order valence-electron chi connectivity index (χ0n) is 12.2. The van der Waals surface area contributed by atoms with Gasteiger partial charge in [0.1, 0.15) is 6.33 Å². The molecule has 20 heavy (non-hydrogen) atoms. The van der Waals surface area contributed by atoms with Gasteiger partial charge in [-0.3, -0.25) is 10.1 Å². The normalized spacial score (nSPS) is 14.4. The minimum atomic E-state index is -0.386. The average molecular weight is 279 g/mol. The number of hydrogen-bond acceptors (Lipinski definition) is 6. The molecule has 2 rings (SSSR count). The summed E-state index contributed by atoms with van der Waals surface area (Å²) < 4.78 is 0. The van der Waals surface area contributed by atoms with Crippen LogP contribution in [0.4, 0.5) is 17.3 Å². The number of hydrogen-bond donors (Lipinski definition) is 1. The van der Waals surface area contributed by atoms with Gasteiger partial charge in [-0.2, -0.15) is 0 Å². The van der Waals surface area contributed by atoms with Gasteiger partial charge in [-0.05, 0) is 25.7 Å². The van der Waals surface area contributed by atoms with Crippen LogP contribution in [0.25, 0.3) is 0 Å². The van der Waals surface area contributed by atoms with Crippen molar-refractivity contribution in [3.8, 4) is 0 Å². The number of rotatable bonds is 7. The molecule has 1 aromatic rings. The number of aromatic nitrogens is 2. The first-order valence-corrected chi connectivity index (χ1v) is 7.04. The van der Waals surface area contributed by atoms with Crippen LogP contribution in [0, 0.1) is 16.0 Å². The summed E-state index contributed by atoms with van der Waals surface area (Å²) >= 11 is 0. The molecular formula is C13H21N5O2. The van der Waals surface area contributed by atoms with Crippen molar-refractivity contribution in [3.63, 3.8) is 0 Å². The summed E-state index contributed by atoms with van der Waals surface area (Å²) in [7, 11) is 0. The van der Waals surface area contributed by atoms with Crippen molar-refractivity contribution < 1.29 is 4.92 Å². The van der Waals surface area contributed by atoms with E-state index in [1.54, 1.807) is 0 Å². The summed E-state index contributed by atoms with van der Waals surface area (Å²) in [6.45, 7) is 7.46. The first-order valence-electron chi connectivity index (χ1n) is 7.04. The number of anilines is 2. The predicted molar refractivity (Wildman–Crippen MR) is 78.1 cm³/mol.